The van der Waals surface area contributed by atoms with Gasteiger partial charge in [0.05, 0.1) is 0 Å². The topological polar surface area (TPSA) is 63.3 Å². The van der Waals surface area contributed by atoms with Gasteiger partial charge in [-0.3, -0.25) is 4.79 Å². The van der Waals surface area contributed by atoms with Crippen LogP contribution < -0.4 is 5.73 Å². The molecule has 0 aromatic heterocycles. The molecule has 2 aromatic rings. The maximum Gasteiger partial charge on any atom is 0.320 e. The van der Waals surface area contributed by atoms with Gasteiger partial charge in [0.2, 0.25) is 0 Å². The lowest BCUT2D eigenvalue weighted by Crippen LogP contribution is -2.32. The Morgan fingerprint density at radius 1 is 1.09 bits per heavy atom. The number of nitrogens with two attached hydrogens (primary N) is 1. The summed E-state index contributed by atoms with van der Waals surface area (Å²) >= 11 is 0. The molecular weight excluding hydrogens is 274 g/mol. The van der Waals surface area contributed by atoms with Crippen LogP contribution in [0.1, 0.15) is 28.7 Å². The number of benzene rings is 2. The van der Waals surface area contributed by atoms with Crippen LogP contribution in [0.25, 0.3) is 0 Å². The van der Waals surface area contributed by atoms with Gasteiger partial charge in [0.1, 0.15) is 6.04 Å². The zero-order valence-electron chi connectivity index (χ0n) is 13.0. The van der Waals surface area contributed by atoms with E-state index in [1.54, 1.807) is 0 Å². The monoisotopic (exact) mass is 297 g/mol. The van der Waals surface area contributed by atoms with Gasteiger partial charge in [-0.1, -0.05) is 48.5 Å². The SMILES string of the molecule is Cc1cc(C[C@H](N)C(=O)O)ccc1CCCc1ccccc1. The molecule has 0 aliphatic carbocycles. The van der Waals surface area contributed by atoms with Crippen molar-refractivity contribution in [2.45, 2.75) is 38.6 Å². The summed E-state index contributed by atoms with van der Waals surface area (Å²) in [4.78, 5) is 10.8. The zero-order chi connectivity index (χ0) is 15.9. The van der Waals surface area contributed by atoms with Gasteiger partial charge in [-0.05, 0) is 54.9 Å². The Bertz CT molecular complexity index is 623. The number of hydrogen-bond donors (Lipinski definition) is 2. The van der Waals surface area contributed by atoms with Crippen LogP contribution in [0, 0.1) is 6.92 Å². The number of aryl methyl sites for hydroxylation is 3. The Hall–Kier alpha value is -2.13. The van der Waals surface area contributed by atoms with E-state index >= 15 is 0 Å². The van der Waals surface area contributed by atoms with E-state index in [0.29, 0.717) is 6.42 Å². The Morgan fingerprint density at radius 2 is 1.82 bits per heavy atom. The van der Waals surface area contributed by atoms with E-state index in [-0.39, 0.29) is 0 Å². The van der Waals surface area contributed by atoms with Crippen LogP contribution in [0.5, 0.6) is 0 Å². The van der Waals surface area contributed by atoms with E-state index in [0.717, 1.165) is 24.8 Å². The van der Waals surface area contributed by atoms with Crippen LogP contribution in [0.3, 0.4) is 0 Å². The van der Waals surface area contributed by atoms with Crippen LogP contribution in [-0.4, -0.2) is 17.1 Å². The minimum Gasteiger partial charge on any atom is -0.480 e. The second-order valence-electron chi connectivity index (χ2n) is 5.75. The molecule has 2 aromatic carbocycles. The summed E-state index contributed by atoms with van der Waals surface area (Å²) in [5.74, 6) is -0.954. The summed E-state index contributed by atoms with van der Waals surface area (Å²) in [6.07, 6.45) is 3.59. The molecule has 22 heavy (non-hydrogen) atoms. The van der Waals surface area contributed by atoms with Crippen molar-refractivity contribution in [3.05, 3.63) is 70.8 Å². The van der Waals surface area contributed by atoms with Crippen molar-refractivity contribution in [1.82, 2.24) is 0 Å². The quantitative estimate of drug-likeness (QED) is 0.825. The molecule has 0 aliphatic heterocycles. The van der Waals surface area contributed by atoms with Gasteiger partial charge in [0.15, 0.2) is 0 Å². The van der Waals surface area contributed by atoms with Crippen LogP contribution in [0.4, 0.5) is 0 Å². The molecule has 3 heteroatoms. The fraction of sp³-hybridized carbons (Fsp3) is 0.316. The first-order valence-corrected chi connectivity index (χ1v) is 7.67. The Balaban J connectivity index is 1.91. The van der Waals surface area contributed by atoms with E-state index < -0.39 is 12.0 Å². The number of rotatable bonds is 7. The summed E-state index contributed by atoms with van der Waals surface area (Å²) < 4.78 is 0. The van der Waals surface area contributed by atoms with Crippen LogP contribution in [0.15, 0.2) is 48.5 Å². The predicted octanol–water partition coefficient (Wildman–Crippen LogP) is 3.12. The van der Waals surface area contributed by atoms with Crippen molar-refractivity contribution in [2.75, 3.05) is 0 Å². The third kappa shape index (κ3) is 4.71. The average molecular weight is 297 g/mol. The Kier molecular flexibility index (Phi) is 5.73. The molecule has 3 nitrogen and oxygen atoms in total. The Morgan fingerprint density at radius 3 is 2.45 bits per heavy atom. The first-order chi connectivity index (χ1) is 10.6. The molecule has 0 saturated heterocycles. The molecule has 0 unspecified atom stereocenters. The second kappa shape index (κ2) is 7.76. The maximum absolute atomic E-state index is 10.8. The molecule has 0 heterocycles. The van der Waals surface area contributed by atoms with Crippen molar-refractivity contribution in [1.29, 1.82) is 0 Å². The smallest absolute Gasteiger partial charge is 0.320 e. The van der Waals surface area contributed by atoms with E-state index in [1.807, 2.05) is 12.1 Å². The lowest BCUT2D eigenvalue weighted by Gasteiger charge is -2.11. The molecule has 2 rings (SSSR count). The highest BCUT2D eigenvalue weighted by Crippen LogP contribution is 2.15. The fourth-order valence-electron chi connectivity index (χ4n) is 2.63. The van der Waals surface area contributed by atoms with Crippen molar-refractivity contribution in [3.8, 4) is 0 Å². The third-order valence-electron chi connectivity index (χ3n) is 3.93. The van der Waals surface area contributed by atoms with Gasteiger partial charge in [-0.25, -0.2) is 0 Å². The molecule has 1 atom stereocenters. The molecule has 0 radical (unpaired) electrons. The zero-order valence-corrected chi connectivity index (χ0v) is 13.0. The minimum absolute atomic E-state index is 0.375. The largest absolute Gasteiger partial charge is 0.480 e. The predicted molar refractivity (Wildman–Crippen MR) is 89.0 cm³/mol. The van der Waals surface area contributed by atoms with E-state index in [2.05, 4.69) is 43.3 Å². The summed E-state index contributed by atoms with van der Waals surface area (Å²) in [6.45, 7) is 2.08. The highest BCUT2D eigenvalue weighted by molar-refractivity contribution is 5.73. The molecule has 0 spiro atoms. The summed E-state index contributed by atoms with van der Waals surface area (Å²) in [5.41, 5.74) is 10.5. The number of carboxylic acids is 1. The van der Waals surface area contributed by atoms with Crippen molar-refractivity contribution in [3.63, 3.8) is 0 Å². The summed E-state index contributed by atoms with van der Waals surface area (Å²) in [7, 11) is 0. The van der Waals surface area contributed by atoms with E-state index in [4.69, 9.17) is 10.8 Å². The molecule has 0 saturated carbocycles. The van der Waals surface area contributed by atoms with Gasteiger partial charge in [0.25, 0.3) is 0 Å². The lowest BCUT2D eigenvalue weighted by molar-refractivity contribution is -0.138. The van der Waals surface area contributed by atoms with Gasteiger partial charge in [0, 0.05) is 0 Å². The molecule has 3 N–H and O–H groups in total. The molecule has 0 fully saturated rings. The van der Waals surface area contributed by atoms with Crippen molar-refractivity contribution < 1.29 is 9.90 Å². The summed E-state index contributed by atoms with van der Waals surface area (Å²) in [6, 6.07) is 15.8. The second-order valence-corrected chi connectivity index (χ2v) is 5.75. The van der Waals surface area contributed by atoms with Gasteiger partial charge in [-0.2, -0.15) is 0 Å². The Labute approximate surface area is 131 Å². The maximum atomic E-state index is 10.8. The number of carboxylic acid groups (broad SMARTS) is 1. The van der Waals surface area contributed by atoms with Crippen LogP contribution >= 0.6 is 0 Å². The molecule has 0 amide bonds. The van der Waals surface area contributed by atoms with Crippen molar-refractivity contribution in [2.24, 2.45) is 5.73 Å². The summed E-state index contributed by atoms with van der Waals surface area (Å²) in [5, 5.41) is 8.87. The van der Waals surface area contributed by atoms with Gasteiger partial charge < -0.3 is 10.8 Å². The molecule has 0 bridgehead atoms. The third-order valence-corrected chi connectivity index (χ3v) is 3.93. The number of carbonyl (C=O) groups is 1. The highest BCUT2D eigenvalue weighted by atomic mass is 16.4. The highest BCUT2D eigenvalue weighted by Gasteiger charge is 2.12. The van der Waals surface area contributed by atoms with Crippen LogP contribution in [0.2, 0.25) is 0 Å². The number of aliphatic carboxylic acids is 1. The van der Waals surface area contributed by atoms with Gasteiger partial charge >= 0.3 is 5.97 Å². The number of hydrogen-bond acceptors (Lipinski definition) is 2. The normalized spacial score (nSPS) is 12.1. The first-order valence-electron chi connectivity index (χ1n) is 7.67. The lowest BCUT2D eigenvalue weighted by atomic mass is 9.96. The van der Waals surface area contributed by atoms with E-state index in [1.165, 1.54) is 16.7 Å². The first kappa shape index (κ1) is 16.2. The molecule has 116 valence electrons. The minimum atomic E-state index is -0.954. The van der Waals surface area contributed by atoms with E-state index in [9.17, 15) is 4.79 Å². The van der Waals surface area contributed by atoms with Crippen molar-refractivity contribution >= 4 is 5.97 Å². The average Bonchev–Trinajstić information content (AvgIpc) is 2.50. The van der Waals surface area contributed by atoms with Gasteiger partial charge in [-0.15, -0.1) is 0 Å². The standard InChI is InChI=1S/C19H23NO2/c1-14-12-16(13-18(20)19(21)22)10-11-17(14)9-5-8-15-6-3-2-4-7-15/h2-4,6-7,10-12,18H,5,8-9,13,20H2,1H3,(H,21,22)/t18-/m0/s1. The molecule has 0 aliphatic rings. The molecular formula is C19H23NO2. The fourth-order valence-corrected chi connectivity index (χ4v) is 2.63. The van der Waals surface area contributed by atoms with Crippen LogP contribution in [-0.2, 0) is 24.1 Å².